The van der Waals surface area contributed by atoms with E-state index in [2.05, 4.69) is 35.4 Å². The summed E-state index contributed by atoms with van der Waals surface area (Å²) in [7, 11) is 0. The van der Waals surface area contributed by atoms with Gasteiger partial charge >= 0.3 is 0 Å². The Morgan fingerprint density at radius 1 is 1.14 bits per heavy atom. The zero-order chi connectivity index (χ0) is 30.1. The maximum atomic E-state index is 16.5. The normalized spacial score (nSPS) is 20.1. The van der Waals surface area contributed by atoms with Crippen LogP contribution in [0.2, 0.25) is 0 Å². The summed E-state index contributed by atoms with van der Waals surface area (Å²) in [5.41, 5.74) is 3.01. The SMILES string of the molecule is Cc1cc2[nH]ncc2c(-c2ncc3c(=O)[nH]c(OCC45CCCN4CCC5)nc3c2F)c1CCOCCCC1CCCNC1. The molecule has 0 aliphatic carbocycles. The standard InChI is InChI=1S/C33H42FN7O3/c1-21-16-26-24(19-37-40-26)27(23(21)8-15-43-14-3-7-22-6-2-11-35-17-22)30-28(34)29-25(18-36-30)31(42)39-32(38-29)44-20-33-9-4-12-41(33)13-5-10-33/h16,18-19,22,35H,2-15,17,20H2,1H3,(H,37,40)(H,38,39,42). The number of hydrogen-bond acceptors (Lipinski definition) is 8. The summed E-state index contributed by atoms with van der Waals surface area (Å²) in [6.07, 6.45) is 12.8. The van der Waals surface area contributed by atoms with Crippen molar-refractivity contribution in [2.24, 2.45) is 5.92 Å². The number of piperidine rings is 1. The second kappa shape index (κ2) is 12.5. The van der Waals surface area contributed by atoms with Crippen LogP contribution in [0.3, 0.4) is 0 Å². The van der Waals surface area contributed by atoms with E-state index in [1.54, 1.807) is 6.20 Å². The number of aromatic nitrogens is 5. The molecule has 0 bridgehead atoms. The predicted octanol–water partition coefficient (Wildman–Crippen LogP) is 4.66. The maximum absolute atomic E-state index is 16.5. The molecule has 10 nitrogen and oxygen atoms in total. The van der Waals surface area contributed by atoms with Crippen LogP contribution in [-0.4, -0.2) is 81.6 Å². The number of rotatable bonds is 11. The quantitative estimate of drug-likeness (QED) is 0.212. The summed E-state index contributed by atoms with van der Waals surface area (Å²) >= 11 is 0. The van der Waals surface area contributed by atoms with E-state index in [9.17, 15) is 4.79 Å². The van der Waals surface area contributed by atoms with Crippen molar-refractivity contribution in [2.45, 2.75) is 70.3 Å². The molecule has 234 valence electrons. The Kier molecular flexibility index (Phi) is 8.35. The van der Waals surface area contributed by atoms with Crippen LogP contribution in [-0.2, 0) is 11.2 Å². The molecule has 0 saturated carbocycles. The molecule has 7 rings (SSSR count). The van der Waals surface area contributed by atoms with E-state index >= 15 is 4.39 Å². The summed E-state index contributed by atoms with van der Waals surface area (Å²) in [5.74, 6) is 0.0922. The molecule has 3 N–H and O–H groups in total. The minimum atomic E-state index is -0.642. The molecule has 3 aliphatic rings. The fraction of sp³-hybridized carbons (Fsp3) is 0.576. The minimum absolute atomic E-state index is 0.0199. The third-order valence-electron chi connectivity index (χ3n) is 10.1. The van der Waals surface area contributed by atoms with E-state index in [4.69, 9.17) is 9.47 Å². The fourth-order valence-corrected chi connectivity index (χ4v) is 7.74. The van der Waals surface area contributed by atoms with Crippen molar-refractivity contribution in [3.63, 3.8) is 0 Å². The Balaban J connectivity index is 1.14. The van der Waals surface area contributed by atoms with Crippen LogP contribution in [0.5, 0.6) is 6.01 Å². The minimum Gasteiger partial charge on any atom is -0.463 e. The number of H-pyrrole nitrogens is 2. The Labute approximate surface area is 256 Å². The summed E-state index contributed by atoms with van der Waals surface area (Å²) in [5, 5.41) is 11.6. The molecular formula is C33H42FN7O3. The van der Waals surface area contributed by atoms with E-state index in [0.717, 1.165) is 86.2 Å². The number of aromatic amines is 2. The van der Waals surface area contributed by atoms with Gasteiger partial charge in [-0.1, -0.05) is 0 Å². The van der Waals surface area contributed by atoms with Gasteiger partial charge in [0.15, 0.2) is 5.82 Å². The highest BCUT2D eigenvalue weighted by Gasteiger charge is 2.45. The number of fused-ring (bicyclic) bond motifs is 3. The lowest BCUT2D eigenvalue weighted by atomic mass is 9.93. The molecule has 0 spiro atoms. The van der Waals surface area contributed by atoms with Crippen LogP contribution < -0.4 is 15.6 Å². The highest BCUT2D eigenvalue weighted by molar-refractivity contribution is 5.98. The zero-order valence-corrected chi connectivity index (χ0v) is 25.5. The highest BCUT2D eigenvalue weighted by Crippen LogP contribution is 2.39. The Morgan fingerprint density at radius 3 is 2.82 bits per heavy atom. The number of nitrogens with one attached hydrogen (secondary N) is 3. The maximum Gasteiger partial charge on any atom is 0.297 e. The summed E-state index contributed by atoms with van der Waals surface area (Å²) in [6.45, 7) is 8.03. The number of benzene rings is 1. The van der Waals surface area contributed by atoms with Crippen molar-refractivity contribution in [1.29, 1.82) is 0 Å². The molecule has 3 fully saturated rings. The average Bonchev–Trinajstić information content (AvgIpc) is 3.75. The first-order chi connectivity index (χ1) is 21.5. The monoisotopic (exact) mass is 603 g/mol. The topological polar surface area (TPSA) is 121 Å². The molecular weight excluding hydrogens is 561 g/mol. The van der Waals surface area contributed by atoms with Crippen LogP contribution in [0, 0.1) is 18.7 Å². The van der Waals surface area contributed by atoms with Gasteiger partial charge in [-0.3, -0.25) is 24.8 Å². The third kappa shape index (κ3) is 5.61. The average molecular weight is 604 g/mol. The Morgan fingerprint density at radius 2 is 2.00 bits per heavy atom. The van der Waals surface area contributed by atoms with Crippen molar-refractivity contribution < 1.29 is 13.9 Å². The van der Waals surface area contributed by atoms with Gasteiger partial charge in [-0.05, 0) is 114 Å². The second-order valence-corrected chi connectivity index (χ2v) is 12.9. The lowest BCUT2D eigenvalue weighted by molar-refractivity contribution is 0.107. The van der Waals surface area contributed by atoms with Gasteiger partial charge < -0.3 is 14.8 Å². The fourth-order valence-electron chi connectivity index (χ4n) is 7.74. The van der Waals surface area contributed by atoms with Crippen LogP contribution in [0.1, 0.15) is 62.5 Å². The van der Waals surface area contributed by atoms with Crippen LogP contribution >= 0.6 is 0 Å². The first kappa shape index (κ1) is 29.3. The first-order valence-corrected chi connectivity index (χ1v) is 16.2. The van der Waals surface area contributed by atoms with Gasteiger partial charge in [-0.2, -0.15) is 10.1 Å². The van der Waals surface area contributed by atoms with E-state index in [1.807, 2.05) is 13.0 Å². The van der Waals surface area contributed by atoms with Crippen LogP contribution in [0.25, 0.3) is 33.1 Å². The molecule has 6 heterocycles. The van der Waals surface area contributed by atoms with Gasteiger partial charge in [0.1, 0.15) is 17.8 Å². The first-order valence-electron chi connectivity index (χ1n) is 16.2. The van der Waals surface area contributed by atoms with Crippen molar-refractivity contribution in [1.82, 2.24) is 35.4 Å². The largest absolute Gasteiger partial charge is 0.463 e. The Hall–Kier alpha value is -3.41. The summed E-state index contributed by atoms with van der Waals surface area (Å²) in [4.78, 5) is 27.2. The number of halogens is 1. The Bertz CT molecular complexity index is 1690. The van der Waals surface area contributed by atoms with E-state index in [-0.39, 0.29) is 28.1 Å². The predicted molar refractivity (Wildman–Crippen MR) is 168 cm³/mol. The van der Waals surface area contributed by atoms with Crippen LogP contribution in [0.4, 0.5) is 4.39 Å². The van der Waals surface area contributed by atoms with Crippen molar-refractivity contribution in [3.05, 3.63) is 45.8 Å². The van der Waals surface area contributed by atoms with Gasteiger partial charge in [-0.25, -0.2) is 4.39 Å². The van der Waals surface area contributed by atoms with Crippen molar-refractivity contribution in [2.75, 3.05) is 46.0 Å². The van der Waals surface area contributed by atoms with Gasteiger partial charge in [0.25, 0.3) is 11.6 Å². The number of pyridine rings is 1. The highest BCUT2D eigenvalue weighted by atomic mass is 19.1. The smallest absolute Gasteiger partial charge is 0.297 e. The molecule has 1 aromatic carbocycles. The molecule has 1 atom stereocenters. The zero-order valence-electron chi connectivity index (χ0n) is 25.5. The van der Waals surface area contributed by atoms with Gasteiger partial charge in [-0.15, -0.1) is 0 Å². The molecule has 44 heavy (non-hydrogen) atoms. The van der Waals surface area contributed by atoms with Crippen molar-refractivity contribution in [3.8, 4) is 17.3 Å². The molecule has 3 aliphatic heterocycles. The van der Waals surface area contributed by atoms with Gasteiger partial charge in [0.2, 0.25) is 0 Å². The number of hydrogen-bond donors (Lipinski definition) is 3. The number of nitrogens with zero attached hydrogens (tertiary/aromatic N) is 4. The molecule has 3 aromatic heterocycles. The molecule has 11 heteroatoms. The summed E-state index contributed by atoms with van der Waals surface area (Å²) in [6, 6.07) is 2.07. The third-order valence-corrected chi connectivity index (χ3v) is 10.1. The lowest BCUT2D eigenvalue weighted by Crippen LogP contribution is -2.43. The van der Waals surface area contributed by atoms with E-state index < -0.39 is 11.4 Å². The lowest BCUT2D eigenvalue weighted by Gasteiger charge is -2.31. The van der Waals surface area contributed by atoms with Crippen molar-refractivity contribution >= 4 is 21.8 Å². The summed E-state index contributed by atoms with van der Waals surface area (Å²) < 4.78 is 28.6. The molecule has 0 amide bonds. The van der Waals surface area contributed by atoms with Gasteiger partial charge in [0, 0.05) is 23.8 Å². The molecule has 4 aromatic rings. The second-order valence-electron chi connectivity index (χ2n) is 12.9. The van der Waals surface area contributed by atoms with Gasteiger partial charge in [0.05, 0.1) is 29.2 Å². The molecule has 3 saturated heterocycles. The van der Waals surface area contributed by atoms with E-state index in [1.165, 1.54) is 25.5 Å². The van der Waals surface area contributed by atoms with E-state index in [0.29, 0.717) is 31.8 Å². The number of ether oxygens (including phenoxy) is 2. The number of aryl methyl sites for hydroxylation is 1. The van der Waals surface area contributed by atoms with Crippen LogP contribution in [0.15, 0.2) is 23.3 Å². The molecule has 1 unspecified atom stereocenters. The molecule has 0 radical (unpaired) electrons.